The predicted octanol–water partition coefficient (Wildman–Crippen LogP) is 2.37. The van der Waals surface area contributed by atoms with Crippen LogP contribution in [0.1, 0.15) is 22.5 Å². The summed E-state index contributed by atoms with van der Waals surface area (Å²) >= 11 is 0. The second kappa shape index (κ2) is 6.69. The van der Waals surface area contributed by atoms with Crippen molar-refractivity contribution in [2.45, 2.75) is 13.3 Å². The summed E-state index contributed by atoms with van der Waals surface area (Å²) in [5, 5.41) is 0. The van der Waals surface area contributed by atoms with Crippen LogP contribution in [0.3, 0.4) is 0 Å². The number of pyridine rings is 1. The molecule has 2 aromatic rings. The van der Waals surface area contributed by atoms with Gasteiger partial charge in [-0.05, 0) is 37.6 Å². The van der Waals surface area contributed by atoms with Crippen LogP contribution in [0.4, 0.5) is 5.69 Å². The standard InChI is InChI=1S/C18H20N2O3/c1-13-7-8-16(17(21)19-13)18(22)23-12-14-9-10-20(11-14)15-5-3-2-4-6-15/h2-8,14H,9-12H2,1H3,(H,19,21)/t14-/m1/s1. The first-order valence-corrected chi connectivity index (χ1v) is 7.80. The molecule has 0 spiro atoms. The van der Waals surface area contributed by atoms with Gasteiger partial charge in [-0.25, -0.2) is 4.79 Å². The normalized spacial score (nSPS) is 17.3. The highest BCUT2D eigenvalue weighted by Crippen LogP contribution is 2.23. The van der Waals surface area contributed by atoms with Gasteiger partial charge in [0.15, 0.2) is 0 Å². The largest absolute Gasteiger partial charge is 0.462 e. The highest BCUT2D eigenvalue weighted by atomic mass is 16.5. The summed E-state index contributed by atoms with van der Waals surface area (Å²) in [5.41, 5.74) is 1.58. The Kier molecular flexibility index (Phi) is 4.46. The minimum atomic E-state index is -0.551. The molecule has 1 fully saturated rings. The Balaban J connectivity index is 1.55. The predicted molar refractivity (Wildman–Crippen MR) is 88.8 cm³/mol. The molecule has 1 saturated heterocycles. The number of nitrogens with one attached hydrogen (secondary N) is 1. The summed E-state index contributed by atoms with van der Waals surface area (Å²) < 4.78 is 5.33. The number of aromatic nitrogens is 1. The number of para-hydroxylation sites is 1. The van der Waals surface area contributed by atoms with E-state index in [1.807, 2.05) is 18.2 Å². The number of hydrogen-bond donors (Lipinski definition) is 1. The molecule has 120 valence electrons. The van der Waals surface area contributed by atoms with Gasteiger partial charge in [0.1, 0.15) is 5.56 Å². The first-order valence-electron chi connectivity index (χ1n) is 7.80. The molecule has 0 unspecified atom stereocenters. The topological polar surface area (TPSA) is 62.4 Å². The van der Waals surface area contributed by atoms with Crippen LogP contribution < -0.4 is 10.5 Å². The Morgan fingerprint density at radius 2 is 2.04 bits per heavy atom. The molecule has 0 saturated carbocycles. The van der Waals surface area contributed by atoms with Gasteiger partial charge in [-0.1, -0.05) is 18.2 Å². The third-order valence-electron chi connectivity index (χ3n) is 4.13. The van der Waals surface area contributed by atoms with E-state index in [0.29, 0.717) is 12.5 Å². The van der Waals surface area contributed by atoms with Crippen LogP contribution in [-0.4, -0.2) is 30.6 Å². The summed E-state index contributed by atoms with van der Waals surface area (Å²) in [5.74, 6) is -0.256. The molecule has 2 heterocycles. The van der Waals surface area contributed by atoms with Crippen LogP contribution in [0.15, 0.2) is 47.3 Å². The van der Waals surface area contributed by atoms with Crippen molar-refractivity contribution in [3.8, 4) is 0 Å². The number of ether oxygens (including phenoxy) is 1. The number of H-pyrrole nitrogens is 1. The lowest BCUT2D eigenvalue weighted by Gasteiger charge is -2.18. The maximum Gasteiger partial charge on any atom is 0.343 e. The van der Waals surface area contributed by atoms with E-state index in [0.717, 1.165) is 25.2 Å². The van der Waals surface area contributed by atoms with E-state index in [9.17, 15) is 9.59 Å². The fraction of sp³-hybridized carbons (Fsp3) is 0.333. The zero-order chi connectivity index (χ0) is 16.2. The van der Waals surface area contributed by atoms with Crippen molar-refractivity contribution < 1.29 is 9.53 Å². The van der Waals surface area contributed by atoms with E-state index in [1.54, 1.807) is 13.0 Å². The van der Waals surface area contributed by atoms with E-state index in [2.05, 4.69) is 22.0 Å². The van der Waals surface area contributed by atoms with Gasteiger partial charge < -0.3 is 14.6 Å². The molecular weight excluding hydrogens is 292 g/mol. The number of anilines is 1. The molecule has 0 aliphatic carbocycles. The maximum atomic E-state index is 12.0. The minimum absolute atomic E-state index is 0.0634. The van der Waals surface area contributed by atoms with Gasteiger partial charge in [0.25, 0.3) is 5.56 Å². The first kappa shape index (κ1) is 15.3. The Morgan fingerprint density at radius 3 is 2.78 bits per heavy atom. The minimum Gasteiger partial charge on any atom is -0.462 e. The molecule has 5 heteroatoms. The number of esters is 1. The second-order valence-corrected chi connectivity index (χ2v) is 5.92. The van der Waals surface area contributed by atoms with Gasteiger partial charge in [0, 0.05) is 30.4 Å². The fourth-order valence-corrected chi connectivity index (χ4v) is 2.85. The number of rotatable bonds is 4. The lowest BCUT2D eigenvalue weighted by molar-refractivity contribution is 0.0449. The van der Waals surface area contributed by atoms with Crippen LogP contribution in [0.25, 0.3) is 0 Å². The van der Waals surface area contributed by atoms with E-state index in [-0.39, 0.29) is 5.56 Å². The monoisotopic (exact) mass is 312 g/mol. The summed E-state index contributed by atoms with van der Waals surface area (Å²) in [6.45, 7) is 3.93. The van der Waals surface area contributed by atoms with Crippen molar-refractivity contribution in [1.82, 2.24) is 4.98 Å². The third kappa shape index (κ3) is 3.62. The Hall–Kier alpha value is -2.56. The SMILES string of the molecule is Cc1ccc(C(=O)OC[C@@H]2CCN(c3ccccc3)C2)c(=O)[nH]1. The first-order chi connectivity index (χ1) is 11.1. The molecule has 1 N–H and O–H groups in total. The number of hydrogen-bond acceptors (Lipinski definition) is 4. The molecule has 3 rings (SSSR count). The summed E-state index contributed by atoms with van der Waals surface area (Å²) in [6.07, 6.45) is 0.979. The van der Waals surface area contributed by atoms with Crippen molar-refractivity contribution in [3.63, 3.8) is 0 Å². The van der Waals surface area contributed by atoms with Crippen molar-refractivity contribution in [1.29, 1.82) is 0 Å². The molecule has 23 heavy (non-hydrogen) atoms. The van der Waals surface area contributed by atoms with Crippen molar-refractivity contribution in [3.05, 3.63) is 64.1 Å². The number of aromatic amines is 1. The fourth-order valence-electron chi connectivity index (χ4n) is 2.85. The van der Waals surface area contributed by atoms with E-state index in [4.69, 9.17) is 4.74 Å². The molecule has 0 bridgehead atoms. The molecule has 1 aromatic heterocycles. The Labute approximate surface area is 134 Å². The van der Waals surface area contributed by atoms with Gasteiger partial charge >= 0.3 is 5.97 Å². The summed E-state index contributed by atoms with van der Waals surface area (Å²) in [6, 6.07) is 13.4. The number of aryl methyl sites for hydroxylation is 1. The molecule has 0 radical (unpaired) electrons. The second-order valence-electron chi connectivity index (χ2n) is 5.92. The molecule has 1 aliphatic rings. The van der Waals surface area contributed by atoms with Crippen LogP contribution in [0.5, 0.6) is 0 Å². The van der Waals surface area contributed by atoms with Crippen molar-refractivity contribution >= 4 is 11.7 Å². The van der Waals surface area contributed by atoms with Gasteiger partial charge in [0.2, 0.25) is 0 Å². The zero-order valence-corrected chi connectivity index (χ0v) is 13.1. The average molecular weight is 312 g/mol. The number of benzene rings is 1. The number of nitrogens with zero attached hydrogens (tertiary/aromatic N) is 1. The quantitative estimate of drug-likeness (QED) is 0.880. The molecule has 0 amide bonds. The molecule has 1 atom stereocenters. The van der Waals surface area contributed by atoms with Gasteiger partial charge in [-0.15, -0.1) is 0 Å². The molecule has 1 aliphatic heterocycles. The average Bonchev–Trinajstić information content (AvgIpc) is 3.02. The molecular formula is C18H20N2O3. The number of carbonyl (C=O) groups excluding carboxylic acids is 1. The van der Waals surface area contributed by atoms with E-state index < -0.39 is 11.5 Å². The van der Waals surface area contributed by atoms with Crippen LogP contribution >= 0.6 is 0 Å². The van der Waals surface area contributed by atoms with Crippen LogP contribution in [0.2, 0.25) is 0 Å². The van der Waals surface area contributed by atoms with Gasteiger partial charge in [-0.2, -0.15) is 0 Å². The van der Waals surface area contributed by atoms with E-state index in [1.165, 1.54) is 11.8 Å². The van der Waals surface area contributed by atoms with Gasteiger partial charge in [-0.3, -0.25) is 4.79 Å². The molecule has 1 aromatic carbocycles. The third-order valence-corrected chi connectivity index (χ3v) is 4.13. The molecule has 5 nitrogen and oxygen atoms in total. The Bertz CT molecular complexity index is 739. The highest BCUT2D eigenvalue weighted by molar-refractivity contribution is 5.88. The summed E-state index contributed by atoms with van der Waals surface area (Å²) in [4.78, 5) is 28.7. The van der Waals surface area contributed by atoms with E-state index >= 15 is 0 Å². The maximum absolute atomic E-state index is 12.0. The lowest BCUT2D eigenvalue weighted by atomic mass is 10.1. The summed E-state index contributed by atoms with van der Waals surface area (Å²) in [7, 11) is 0. The Morgan fingerprint density at radius 1 is 1.26 bits per heavy atom. The smallest absolute Gasteiger partial charge is 0.343 e. The lowest BCUT2D eigenvalue weighted by Crippen LogP contribution is -2.24. The van der Waals surface area contributed by atoms with Crippen LogP contribution in [-0.2, 0) is 4.74 Å². The number of carbonyl (C=O) groups is 1. The van der Waals surface area contributed by atoms with Crippen molar-refractivity contribution in [2.24, 2.45) is 5.92 Å². The van der Waals surface area contributed by atoms with Crippen LogP contribution in [0, 0.1) is 12.8 Å². The van der Waals surface area contributed by atoms with Crippen molar-refractivity contribution in [2.75, 3.05) is 24.6 Å². The zero-order valence-electron chi connectivity index (χ0n) is 13.1. The van der Waals surface area contributed by atoms with Gasteiger partial charge in [0.05, 0.1) is 6.61 Å². The highest BCUT2D eigenvalue weighted by Gasteiger charge is 2.24.